The largest absolute Gasteiger partial charge is 0.434 e. The molecule has 0 radical (unpaired) electrons. The van der Waals surface area contributed by atoms with Gasteiger partial charge in [0.2, 0.25) is 0 Å². The molecule has 4 rings (SSSR count). The number of fused-ring (bicyclic) bond motifs is 1. The maximum absolute atomic E-state index is 13.3. The molecule has 2 aromatic heterocycles. The minimum absolute atomic E-state index is 0.0591. The molecule has 2 N–H and O–H groups in total. The van der Waals surface area contributed by atoms with Crippen LogP contribution in [0.5, 0.6) is 5.75 Å². The minimum Gasteiger partial charge on any atom is -0.434 e. The second kappa shape index (κ2) is 9.97. The average molecular weight is 474 g/mol. The molecule has 3 aromatic rings. The topological polar surface area (TPSA) is 85.3 Å². The minimum atomic E-state index is -3.08. The first-order valence-electron chi connectivity index (χ1n) is 11.4. The van der Waals surface area contributed by atoms with Gasteiger partial charge in [0.1, 0.15) is 5.75 Å². The van der Waals surface area contributed by atoms with E-state index < -0.39 is 12.2 Å². The molecule has 182 valence electrons. The van der Waals surface area contributed by atoms with E-state index in [-0.39, 0.29) is 29.8 Å². The highest BCUT2D eigenvalue weighted by molar-refractivity contribution is 6.08. The molecule has 1 aliphatic rings. The van der Waals surface area contributed by atoms with E-state index in [4.69, 9.17) is 4.74 Å². The SMILES string of the molecule is Cc1cc(OC(F)F)c(CNC(=O)c2c(C)n([C@@H](C)C3CCOCC3)c3ccccc23)c(=O)[nH]1. The van der Waals surface area contributed by atoms with Crippen molar-refractivity contribution in [2.75, 3.05) is 13.2 Å². The molecule has 0 unspecified atom stereocenters. The number of hydrogen-bond donors (Lipinski definition) is 2. The number of alkyl halides is 2. The summed E-state index contributed by atoms with van der Waals surface area (Å²) >= 11 is 0. The van der Waals surface area contributed by atoms with Crippen LogP contribution in [-0.2, 0) is 11.3 Å². The number of pyridine rings is 1. The van der Waals surface area contributed by atoms with E-state index in [2.05, 4.69) is 26.5 Å². The summed E-state index contributed by atoms with van der Waals surface area (Å²) < 4.78 is 37.9. The average Bonchev–Trinajstić information content (AvgIpc) is 3.09. The Hall–Kier alpha value is -3.20. The zero-order valence-electron chi connectivity index (χ0n) is 19.5. The molecule has 1 aromatic carbocycles. The molecule has 0 spiro atoms. The third kappa shape index (κ3) is 4.70. The van der Waals surface area contributed by atoms with E-state index in [9.17, 15) is 18.4 Å². The van der Waals surface area contributed by atoms with Crippen LogP contribution in [0.4, 0.5) is 8.78 Å². The molecule has 1 fully saturated rings. The predicted octanol–water partition coefficient (Wildman–Crippen LogP) is 4.47. The van der Waals surface area contributed by atoms with E-state index in [1.54, 1.807) is 6.92 Å². The molecule has 3 heterocycles. The van der Waals surface area contributed by atoms with Crippen molar-refractivity contribution in [3.05, 3.63) is 63.2 Å². The van der Waals surface area contributed by atoms with Crippen molar-refractivity contribution in [3.8, 4) is 5.75 Å². The van der Waals surface area contributed by atoms with Crippen molar-refractivity contribution >= 4 is 16.8 Å². The summed E-state index contributed by atoms with van der Waals surface area (Å²) in [5.41, 5.74) is 2.03. The highest BCUT2D eigenvalue weighted by atomic mass is 19.3. The molecule has 1 aliphatic heterocycles. The van der Waals surface area contributed by atoms with Crippen LogP contribution in [0.15, 0.2) is 35.1 Å². The van der Waals surface area contributed by atoms with Crippen molar-refractivity contribution in [1.82, 2.24) is 14.9 Å². The first-order chi connectivity index (χ1) is 16.3. The molecule has 0 bridgehead atoms. The summed E-state index contributed by atoms with van der Waals surface area (Å²) in [6, 6.07) is 9.20. The van der Waals surface area contributed by atoms with Crippen molar-refractivity contribution < 1.29 is 23.0 Å². The molecule has 0 aliphatic carbocycles. The van der Waals surface area contributed by atoms with E-state index >= 15 is 0 Å². The van der Waals surface area contributed by atoms with Crippen molar-refractivity contribution in [3.63, 3.8) is 0 Å². The number of ether oxygens (including phenoxy) is 2. The number of aromatic nitrogens is 2. The molecule has 9 heteroatoms. The van der Waals surface area contributed by atoms with E-state index in [1.165, 1.54) is 6.07 Å². The zero-order chi connectivity index (χ0) is 24.4. The monoisotopic (exact) mass is 473 g/mol. The third-order valence-corrected chi connectivity index (χ3v) is 6.61. The summed E-state index contributed by atoms with van der Waals surface area (Å²) in [6.45, 7) is 3.78. The van der Waals surface area contributed by atoms with Gasteiger partial charge in [-0.25, -0.2) is 0 Å². The predicted molar refractivity (Wildman–Crippen MR) is 125 cm³/mol. The standard InChI is InChI=1S/C25H29F2N3O4/c1-14-12-21(34-25(26)27)19(23(31)29-14)13-28-24(32)22-16(3)30(20-7-5-4-6-18(20)22)15(2)17-8-10-33-11-9-17/h4-7,12,15,17,25H,8-11,13H2,1-3H3,(H,28,32)(H,29,31)/t15-/m0/s1. The molecule has 7 nitrogen and oxygen atoms in total. The van der Waals surface area contributed by atoms with Crippen LogP contribution in [0.1, 0.15) is 53.1 Å². The first-order valence-corrected chi connectivity index (χ1v) is 11.4. The van der Waals surface area contributed by atoms with Crippen LogP contribution < -0.4 is 15.6 Å². The van der Waals surface area contributed by atoms with Gasteiger partial charge in [0.25, 0.3) is 11.5 Å². The number of rotatable bonds is 7. The summed E-state index contributed by atoms with van der Waals surface area (Å²) in [7, 11) is 0. The summed E-state index contributed by atoms with van der Waals surface area (Å²) in [5.74, 6) is -0.197. The fourth-order valence-electron chi connectivity index (χ4n) is 4.92. The van der Waals surface area contributed by atoms with E-state index in [1.807, 2.05) is 31.2 Å². The lowest BCUT2D eigenvalue weighted by atomic mass is 9.92. The summed E-state index contributed by atoms with van der Waals surface area (Å²) in [5, 5.41) is 3.54. The first kappa shape index (κ1) is 23.9. The molecule has 34 heavy (non-hydrogen) atoms. The van der Waals surface area contributed by atoms with Gasteiger partial charge in [-0.05, 0) is 45.6 Å². The molecular weight excluding hydrogens is 444 g/mol. The van der Waals surface area contributed by atoms with Gasteiger partial charge in [-0.2, -0.15) is 8.78 Å². The van der Waals surface area contributed by atoms with Crippen LogP contribution in [0.25, 0.3) is 10.9 Å². The van der Waals surface area contributed by atoms with Gasteiger partial charge in [-0.1, -0.05) is 18.2 Å². The fraction of sp³-hybridized carbons (Fsp3) is 0.440. The number of H-pyrrole nitrogens is 1. The van der Waals surface area contributed by atoms with Gasteiger partial charge in [-0.3, -0.25) is 9.59 Å². The van der Waals surface area contributed by atoms with Gasteiger partial charge < -0.3 is 24.3 Å². The lowest BCUT2D eigenvalue weighted by Crippen LogP contribution is -2.29. The quantitative estimate of drug-likeness (QED) is 0.530. The maximum Gasteiger partial charge on any atom is 0.387 e. The van der Waals surface area contributed by atoms with Crippen LogP contribution in [-0.4, -0.2) is 35.3 Å². The van der Waals surface area contributed by atoms with Crippen molar-refractivity contribution in [1.29, 1.82) is 0 Å². The Kier molecular flexibility index (Phi) is 7.02. The van der Waals surface area contributed by atoms with Crippen LogP contribution in [0.3, 0.4) is 0 Å². The highest BCUT2D eigenvalue weighted by Crippen LogP contribution is 2.35. The number of hydrogen-bond acceptors (Lipinski definition) is 4. The molecule has 1 saturated heterocycles. The van der Waals surface area contributed by atoms with Crippen LogP contribution in [0, 0.1) is 19.8 Å². The fourth-order valence-corrected chi connectivity index (χ4v) is 4.92. The number of nitrogens with one attached hydrogen (secondary N) is 2. The number of carbonyl (C=O) groups excluding carboxylic acids is 1. The Morgan fingerprint density at radius 1 is 1.26 bits per heavy atom. The van der Waals surface area contributed by atoms with E-state index in [0.29, 0.717) is 17.2 Å². The Morgan fingerprint density at radius 3 is 2.68 bits per heavy atom. The third-order valence-electron chi connectivity index (χ3n) is 6.61. The number of amides is 1. The van der Waals surface area contributed by atoms with Gasteiger partial charge >= 0.3 is 6.61 Å². The maximum atomic E-state index is 13.3. The normalized spacial score (nSPS) is 15.6. The smallest absolute Gasteiger partial charge is 0.387 e. The number of benzene rings is 1. The number of aromatic amines is 1. The van der Waals surface area contributed by atoms with Gasteiger partial charge in [0, 0.05) is 47.6 Å². The van der Waals surface area contributed by atoms with Gasteiger partial charge in [0.05, 0.1) is 17.7 Å². The summed E-state index contributed by atoms with van der Waals surface area (Å²) in [6.07, 6.45) is 1.91. The second-order valence-electron chi connectivity index (χ2n) is 8.72. The number of halogens is 2. The number of carbonyl (C=O) groups is 1. The lowest BCUT2D eigenvalue weighted by molar-refractivity contribution is -0.0506. The van der Waals surface area contributed by atoms with E-state index in [0.717, 1.165) is 42.7 Å². The zero-order valence-corrected chi connectivity index (χ0v) is 19.5. The Balaban J connectivity index is 1.66. The van der Waals surface area contributed by atoms with Crippen LogP contribution >= 0.6 is 0 Å². The molecule has 0 saturated carbocycles. The van der Waals surface area contributed by atoms with Crippen molar-refractivity contribution in [2.45, 2.75) is 52.8 Å². The van der Waals surface area contributed by atoms with Gasteiger partial charge in [-0.15, -0.1) is 0 Å². The molecule has 1 amide bonds. The Labute approximate surface area is 196 Å². The number of aryl methyl sites for hydroxylation is 1. The number of para-hydroxylation sites is 1. The number of nitrogens with zero attached hydrogens (tertiary/aromatic N) is 1. The van der Waals surface area contributed by atoms with Gasteiger partial charge in [0.15, 0.2) is 0 Å². The molecular formula is C25H29F2N3O4. The highest BCUT2D eigenvalue weighted by Gasteiger charge is 2.28. The van der Waals surface area contributed by atoms with Crippen LogP contribution in [0.2, 0.25) is 0 Å². The lowest BCUT2D eigenvalue weighted by Gasteiger charge is -2.30. The molecule has 1 atom stereocenters. The Morgan fingerprint density at radius 2 is 1.97 bits per heavy atom. The summed E-state index contributed by atoms with van der Waals surface area (Å²) in [4.78, 5) is 28.3. The van der Waals surface area contributed by atoms with Crippen molar-refractivity contribution in [2.24, 2.45) is 5.92 Å². The Bertz CT molecular complexity index is 1240. The second-order valence-corrected chi connectivity index (χ2v) is 8.72.